The smallest absolute Gasteiger partial charge is 0.294 e. The summed E-state index contributed by atoms with van der Waals surface area (Å²) in [5, 5.41) is 13.9. The van der Waals surface area contributed by atoms with Gasteiger partial charge in [0.15, 0.2) is 11.4 Å². The summed E-state index contributed by atoms with van der Waals surface area (Å²) in [4.78, 5) is 23.9. The average Bonchev–Trinajstić information content (AvgIpc) is 3.23. The summed E-state index contributed by atoms with van der Waals surface area (Å²) in [5.74, 6) is -1.14. The van der Waals surface area contributed by atoms with Gasteiger partial charge in [0.25, 0.3) is 5.91 Å². The molecule has 0 unspecified atom stereocenters. The van der Waals surface area contributed by atoms with Gasteiger partial charge in [0.2, 0.25) is 5.91 Å². The summed E-state index contributed by atoms with van der Waals surface area (Å²) in [6.07, 6.45) is 5.11. The molecule has 0 spiro atoms. The summed E-state index contributed by atoms with van der Waals surface area (Å²) in [6.45, 7) is 0. The molecule has 2 aromatic rings. The quantitative estimate of drug-likeness (QED) is 0.749. The molecule has 0 atom stereocenters. The lowest BCUT2D eigenvalue weighted by Crippen LogP contribution is -2.44. The first-order chi connectivity index (χ1) is 11.1. The van der Waals surface area contributed by atoms with Crippen molar-refractivity contribution in [3.05, 3.63) is 42.2 Å². The molecular formula is C16H18N4O3. The van der Waals surface area contributed by atoms with Crippen LogP contribution in [0.5, 0.6) is 5.75 Å². The number of rotatable bonds is 3. The molecule has 1 saturated carbocycles. The number of carbonyl (C=O) groups excluding carboxylic acids is 2. The first-order valence-electron chi connectivity index (χ1n) is 7.59. The Kier molecular flexibility index (Phi) is 4.27. The van der Waals surface area contributed by atoms with Crippen LogP contribution in [0.1, 0.15) is 36.2 Å². The third kappa shape index (κ3) is 3.33. The Balaban J connectivity index is 1.65. The van der Waals surface area contributed by atoms with Gasteiger partial charge in [-0.1, -0.05) is 31.0 Å². The number of hydrogen-bond donors (Lipinski definition) is 3. The van der Waals surface area contributed by atoms with E-state index in [1.807, 2.05) is 18.2 Å². The van der Waals surface area contributed by atoms with Gasteiger partial charge in [0.05, 0.1) is 11.9 Å². The van der Waals surface area contributed by atoms with Crippen molar-refractivity contribution in [1.29, 1.82) is 0 Å². The van der Waals surface area contributed by atoms with Gasteiger partial charge in [0.1, 0.15) is 0 Å². The minimum absolute atomic E-state index is 0.0502. The highest BCUT2D eigenvalue weighted by atomic mass is 16.3. The Morgan fingerprint density at radius 1 is 1.13 bits per heavy atom. The molecule has 3 rings (SSSR count). The first kappa shape index (κ1) is 15.1. The van der Waals surface area contributed by atoms with Crippen molar-refractivity contribution in [2.45, 2.75) is 25.7 Å². The molecule has 7 heteroatoms. The monoisotopic (exact) mass is 314 g/mol. The van der Waals surface area contributed by atoms with Crippen molar-refractivity contribution in [3.8, 4) is 11.4 Å². The average molecular weight is 314 g/mol. The van der Waals surface area contributed by atoms with E-state index in [9.17, 15) is 14.7 Å². The molecule has 1 aromatic carbocycles. The second-order valence-corrected chi connectivity index (χ2v) is 5.57. The van der Waals surface area contributed by atoms with Gasteiger partial charge in [-0.05, 0) is 25.0 Å². The maximum absolute atomic E-state index is 12.1. The molecule has 2 amide bonds. The molecule has 3 N–H and O–H groups in total. The van der Waals surface area contributed by atoms with Crippen LogP contribution in [-0.2, 0) is 4.79 Å². The third-order valence-electron chi connectivity index (χ3n) is 3.96. The summed E-state index contributed by atoms with van der Waals surface area (Å²) >= 11 is 0. The van der Waals surface area contributed by atoms with Crippen molar-refractivity contribution in [3.63, 3.8) is 0 Å². The van der Waals surface area contributed by atoms with Crippen LogP contribution in [0, 0.1) is 5.92 Å². The second-order valence-electron chi connectivity index (χ2n) is 5.57. The lowest BCUT2D eigenvalue weighted by molar-refractivity contribution is -0.125. The van der Waals surface area contributed by atoms with E-state index < -0.39 is 5.91 Å². The van der Waals surface area contributed by atoms with Crippen LogP contribution in [-0.4, -0.2) is 26.7 Å². The topological polar surface area (TPSA) is 96.3 Å². The SMILES string of the molecule is O=C(NNC(=O)C1CCCC1)c1nn(-c2ccccc2)cc1O. The Labute approximate surface area is 133 Å². The Bertz CT molecular complexity index is 705. The summed E-state index contributed by atoms with van der Waals surface area (Å²) in [6, 6.07) is 9.12. The number of para-hydroxylation sites is 1. The molecule has 1 aliphatic carbocycles. The highest BCUT2D eigenvalue weighted by Gasteiger charge is 2.24. The largest absolute Gasteiger partial charge is 0.504 e. The highest BCUT2D eigenvalue weighted by molar-refractivity contribution is 5.96. The van der Waals surface area contributed by atoms with Gasteiger partial charge in [-0.2, -0.15) is 5.10 Å². The fraction of sp³-hybridized carbons (Fsp3) is 0.312. The van der Waals surface area contributed by atoms with Crippen LogP contribution in [0.3, 0.4) is 0 Å². The molecule has 7 nitrogen and oxygen atoms in total. The molecule has 0 saturated heterocycles. The molecular weight excluding hydrogens is 296 g/mol. The van der Waals surface area contributed by atoms with E-state index in [0.29, 0.717) is 0 Å². The van der Waals surface area contributed by atoms with Gasteiger partial charge in [0, 0.05) is 5.92 Å². The molecule has 0 aliphatic heterocycles. The van der Waals surface area contributed by atoms with Crippen LogP contribution in [0.25, 0.3) is 5.69 Å². The van der Waals surface area contributed by atoms with E-state index in [-0.39, 0.29) is 23.3 Å². The predicted octanol–water partition coefficient (Wildman–Crippen LogP) is 1.53. The Morgan fingerprint density at radius 3 is 2.52 bits per heavy atom. The van der Waals surface area contributed by atoms with Crippen LogP contribution in [0.4, 0.5) is 0 Å². The molecule has 1 fully saturated rings. The molecule has 0 radical (unpaired) electrons. The molecule has 1 aromatic heterocycles. The normalized spacial score (nSPS) is 14.6. The minimum atomic E-state index is -0.650. The molecule has 1 heterocycles. The minimum Gasteiger partial charge on any atom is -0.504 e. The van der Waals surface area contributed by atoms with Crippen molar-refractivity contribution in [1.82, 2.24) is 20.6 Å². The van der Waals surface area contributed by atoms with Crippen molar-refractivity contribution in [2.24, 2.45) is 5.92 Å². The van der Waals surface area contributed by atoms with Crippen molar-refractivity contribution >= 4 is 11.8 Å². The van der Waals surface area contributed by atoms with Crippen LogP contribution in [0.2, 0.25) is 0 Å². The number of aromatic nitrogens is 2. The summed E-state index contributed by atoms with van der Waals surface area (Å²) in [5.41, 5.74) is 5.29. The molecule has 120 valence electrons. The maximum Gasteiger partial charge on any atom is 0.294 e. The lowest BCUT2D eigenvalue weighted by atomic mass is 10.1. The number of hydrazine groups is 1. The number of hydrogen-bond acceptors (Lipinski definition) is 4. The second kappa shape index (κ2) is 6.51. The predicted molar refractivity (Wildman–Crippen MR) is 82.8 cm³/mol. The van der Waals surface area contributed by atoms with Gasteiger partial charge in [-0.25, -0.2) is 4.68 Å². The van der Waals surface area contributed by atoms with E-state index in [1.54, 1.807) is 12.1 Å². The zero-order valence-corrected chi connectivity index (χ0v) is 12.5. The van der Waals surface area contributed by atoms with E-state index in [0.717, 1.165) is 31.4 Å². The van der Waals surface area contributed by atoms with E-state index in [1.165, 1.54) is 10.9 Å². The third-order valence-corrected chi connectivity index (χ3v) is 3.96. The summed E-state index contributed by atoms with van der Waals surface area (Å²) < 4.78 is 1.41. The molecule has 1 aliphatic rings. The number of nitrogens with one attached hydrogen (secondary N) is 2. The number of benzene rings is 1. The number of aromatic hydroxyl groups is 1. The number of nitrogens with zero attached hydrogens (tertiary/aromatic N) is 2. The fourth-order valence-corrected chi connectivity index (χ4v) is 2.71. The van der Waals surface area contributed by atoms with Gasteiger partial charge >= 0.3 is 0 Å². The van der Waals surface area contributed by atoms with Crippen LogP contribution in [0.15, 0.2) is 36.5 Å². The zero-order valence-electron chi connectivity index (χ0n) is 12.5. The standard InChI is InChI=1S/C16H18N4O3/c21-13-10-20(12-8-2-1-3-9-12)19-14(13)16(23)18-17-15(22)11-6-4-5-7-11/h1-3,8-11,21H,4-7H2,(H,17,22)(H,18,23). The fourth-order valence-electron chi connectivity index (χ4n) is 2.71. The first-order valence-corrected chi connectivity index (χ1v) is 7.59. The van der Waals surface area contributed by atoms with Gasteiger partial charge < -0.3 is 5.11 Å². The molecule has 0 bridgehead atoms. The Hall–Kier alpha value is -2.83. The van der Waals surface area contributed by atoms with Gasteiger partial charge in [-0.15, -0.1) is 0 Å². The highest BCUT2D eigenvalue weighted by Crippen LogP contribution is 2.24. The van der Waals surface area contributed by atoms with E-state index >= 15 is 0 Å². The maximum atomic E-state index is 12.1. The van der Waals surface area contributed by atoms with E-state index in [2.05, 4.69) is 16.0 Å². The lowest BCUT2D eigenvalue weighted by Gasteiger charge is -2.10. The van der Waals surface area contributed by atoms with Crippen molar-refractivity contribution in [2.75, 3.05) is 0 Å². The van der Waals surface area contributed by atoms with Crippen molar-refractivity contribution < 1.29 is 14.7 Å². The summed E-state index contributed by atoms with van der Waals surface area (Å²) in [7, 11) is 0. The Morgan fingerprint density at radius 2 is 1.83 bits per heavy atom. The van der Waals surface area contributed by atoms with Crippen LogP contribution < -0.4 is 10.9 Å². The molecule has 23 heavy (non-hydrogen) atoms. The number of carbonyl (C=O) groups is 2. The van der Waals surface area contributed by atoms with E-state index in [4.69, 9.17) is 0 Å². The van der Waals surface area contributed by atoms with Gasteiger partial charge in [-0.3, -0.25) is 20.4 Å². The van der Waals surface area contributed by atoms with Crippen LogP contribution >= 0.6 is 0 Å². The zero-order chi connectivity index (χ0) is 16.2. The number of amides is 2.